The van der Waals surface area contributed by atoms with Crippen LogP contribution in [0.2, 0.25) is 0 Å². The molecule has 0 bridgehead atoms. The molecular formula is C26H24F6N2O6Rh. The molecule has 2 aromatic rings. The Kier molecular flexibility index (Phi) is 11.1. The van der Waals surface area contributed by atoms with Crippen molar-refractivity contribution in [2.24, 2.45) is 0 Å². The molecule has 0 unspecified atom stereocenters. The number of aliphatic carboxylic acids is 2. The van der Waals surface area contributed by atoms with Crippen LogP contribution in [0.5, 0.6) is 0 Å². The Labute approximate surface area is 242 Å². The van der Waals surface area contributed by atoms with Crippen LogP contribution in [-0.2, 0) is 41.4 Å². The van der Waals surface area contributed by atoms with Gasteiger partial charge >= 0.3 is 24.3 Å². The number of alkyl halides is 6. The maximum Gasteiger partial charge on any atom is 0.416 e. The molecule has 2 aliphatic heterocycles. The fraction of sp³-hybridized carbons (Fsp3) is 0.385. The smallest absolute Gasteiger partial charge is 0.416 e. The number of carboxylic acid groups (broad SMARTS) is 2. The number of rotatable bonds is 4. The number of amides is 2. The maximum absolute atomic E-state index is 12.4. The van der Waals surface area contributed by atoms with E-state index in [1.165, 1.54) is 9.80 Å². The van der Waals surface area contributed by atoms with Crippen molar-refractivity contribution in [1.82, 2.24) is 9.80 Å². The fourth-order valence-corrected chi connectivity index (χ4v) is 4.47. The van der Waals surface area contributed by atoms with Crippen molar-refractivity contribution >= 4 is 23.8 Å². The number of halogens is 6. The molecule has 0 aromatic heterocycles. The van der Waals surface area contributed by atoms with Crippen LogP contribution >= 0.6 is 0 Å². The number of benzene rings is 2. The SMILES string of the molecule is O=C(O)[C@@H]1CCCN1C(=O)c1ccc(C(F)(F)F)cc1.O=C(O)[C@@H]1CCCN1C(=O)c1ccc(C(F)(F)F)cc1.[Rh]. The number of hydrogen-bond donors (Lipinski definition) is 2. The van der Waals surface area contributed by atoms with E-state index in [4.69, 9.17) is 10.2 Å². The molecule has 2 atom stereocenters. The number of carboxylic acids is 2. The van der Waals surface area contributed by atoms with E-state index in [0.29, 0.717) is 38.8 Å². The maximum atomic E-state index is 12.4. The van der Waals surface area contributed by atoms with Crippen LogP contribution in [-0.4, -0.2) is 68.9 Å². The molecule has 0 aliphatic carbocycles. The van der Waals surface area contributed by atoms with Crippen LogP contribution in [0.15, 0.2) is 48.5 Å². The molecule has 1 radical (unpaired) electrons. The molecular weight excluding hydrogens is 653 g/mol. The predicted octanol–water partition coefficient (Wildman–Crippen LogP) is 4.79. The number of hydrogen-bond acceptors (Lipinski definition) is 4. The Balaban J connectivity index is 0.000000280. The molecule has 41 heavy (non-hydrogen) atoms. The number of likely N-dealkylation sites (tertiary alicyclic amines) is 2. The van der Waals surface area contributed by atoms with E-state index in [-0.39, 0.29) is 30.6 Å². The normalized spacial score (nSPS) is 18.7. The van der Waals surface area contributed by atoms with Crippen molar-refractivity contribution < 1.29 is 75.2 Å². The van der Waals surface area contributed by atoms with Crippen molar-refractivity contribution in [2.75, 3.05) is 13.1 Å². The third kappa shape index (κ3) is 8.28. The monoisotopic (exact) mass is 677 g/mol. The number of carbonyl (C=O) groups is 4. The van der Waals surface area contributed by atoms with Gasteiger partial charge in [-0.05, 0) is 74.2 Å². The first-order valence-corrected chi connectivity index (χ1v) is 12.0. The van der Waals surface area contributed by atoms with Crippen molar-refractivity contribution in [3.05, 3.63) is 70.8 Å². The number of carbonyl (C=O) groups excluding carboxylic acids is 2. The van der Waals surface area contributed by atoms with Gasteiger partial charge in [-0.25, -0.2) is 9.59 Å². The molecule has 15 heteroatoms. The van der Waals surface area contributed by atoms with Crippen molar-refractivity contribution in [3.63, 3.8) is 0 Å². The van der Waals surface area contributed by atoms with Crippen molar-refractivity contribution in [2.45, 2.75) is 50.1 Å². The van der Waals surface area contributed by atoms with Gasteiger partial charge in [0, 0.05) is 43.7 Å². The summed E-state index contributed by atoms with van der Waals surface area (Å²) in [5.41, 5.74) is -1.56. The van der Waals surface area contributed by atoms with Crippen LogP contribution in [0.4, 0.5) is 26.3 Å². The number of nitrogens with zero attached hydrogens (tertiary/aromatic N) is 2. The zero-order valence-corrected chi connectivity index (χ0v) is 22.7. The molecule has 225 valence electrons. The summed E-state index contributed by atoms with van der Waals surface area (Å²) in [5, 5.41) is 18.0. The van der Waals surface area contributed by atoms with Gasteiger partial charge in [0.25, 0.3) is 11.8 Å². The summed E-state index contributed by atoms with van der Waals surface area (Å²) >= 11 is 0. The summed E-state index contributed by atoms with van der Waals surface area (Å²) in [4.78, 5) is 48.6. The average molecular weight is 677 g/mol. The molecule has 0 saturated carbocycles. The standard InChI is InChI=1S/2C13H12F3NO3.Rh/c2*14-13(15,16)9-5-3-8(4-6-9)11(18)17-7-1-2-10(17)12(19)20;/h2*3-6,10H,1-2,7H2,(H,19,20);/t2*10-;/m00./s1. The first kappa shape index (κ1) is 33.7. The summed E-state index contributed by atoms with van der Waals surface area (Å²) in [5.74, 6) is -3.29. The second-order valence-electron chi connectivity index (χ2n) is 9.14. The van der Waals surface area contributed by atoms with Crippen molar-refractivity contribution in [1.29, 1.82) is 0 Å². The first-order chi connectivity index (χ1) is 18.6. The average Bonchev–Trinajstić information content (AvgIpc) is 3.58. The van der Waals surface area contributed by atoms with Crippen LogP contribution in [0, 0.1) is 0 Å². The minimum Gasteiger partial charge on any atom is -0.480 e. The van der Waals surface area contributed by atoms with Crippen LogP contribution in [0.1, 0.15) is 57.5 Å². The Morgan fingerprint density at radius 1 is 0.610 bits per heavy atom. The van der Waals surface area contributed by atoms with Gasteiger partial charge in [-0.2, -0.15) is 26.3 Å². The van der Waals surface area contributed by atoms with E-state index in [0.717, 1.165) is 48.5 Å². The largest absolute Gasteiger partial charge is 0.480 e. The van der Waals surface area contributed by atoms with Gasteiger partial charge in [-0.3, -0.25) is 9.59 Å². The first-order valence-electron chi connectivity index (χ1n) is 12.0. The summed E-state index contributed by atoms with van der Waals surface area (Å²) < 4.78 is 74.5. The van der Waals surface area contributed by atoms with E-state index in [1.807, 2.05) is 0 Å². The molecule has 2 aliphatic rings. The molecule has 2 amide bonds. The molecule has 2 fully saturated rings. The fourth-order valence-electron chi connectivity index (χ4n) is 4.47. The van der Waals surface area contributed by atoms with Gasteiger partial charge < -0.3 is 20.0 Å². The van der Waals surface area contributed by atoms with E-state index in [9.17, 15) is 45.5 Å². The van der Waals surface area contributed by atoms with Gasteiger partial charge in [0.2, 0.25) is 0 Å². The molecule has 4 rings (SSSR count). The Hall–Kier alpha value is -3.48. The van der Waals surface area contributed by atoms with E-state index < -0.39 is 59.3 Å². The molecule has 0 spiro atoms. The topological polar surface area (TPSA) is 115 Å². The van der Waals surface area contributed by atoms with Gasteiger partial charge in [0.05, 0.1) is 11.1 Å². The summed E-state index contributed by atoms with van der Waals surface area (Å²) in [6.45, 7) is 0.605. The summed E-state index contributed by atoms with van der Waals surface area (Å²) in [7, 11) is 0. The van der Waals surface area contributed by atoms with Crippen LogP contribution in [0.3, 0.4) is 0 Å². The van der Waals surface area contributed by atoms with E-state index in [1.54, 1.807) is 0 Å². The Morgan fingerprint density at radius 3 is 1.15 bits per heavy atom. The molecule has 2 N–H and O–H groups in total. The van der Waals surface area contributed by atoms with Gasteiger partial charge in [0.15, 0.2) is 0 Å². The Bertz CT molecular complexity index is 1150. The summed E-state index contributed by atoms with van der Waals surface area (Å²) in [6.07, 6.45) is -7.05. The molecule has 2 heterocycles. The third-order valence-corrected chi connectivity index (χ3v) is 6.52. The Morgan fingerprint density at radius 2 is 0.902 bits per heavy atom. The zero-order valence-electron chi connectivity index (χ0n) is 21.0. The zero-order chi connectivity index (χ0) is 29.8. The van der Waals surface area contributed by atoms with Gasteiger partial charge in [-0.15, -0.1) is 0 Å². The quantitative estimate of drug-likeness (QED) is 0.356. The second-order valence-corrected chi connectivity index (χ2v) is 9.14. The second kappa shape index (κ2) is 13.5. The van der Waals surface area contributed by atoms with Crippen LogP contribution < -0.4 is 0 Å². The van der Waals surface area contributed by atoms with Crippen molar-refractivity contribution in [3.8, 4) is 0 Å². The van der Waals surface area contributed by atoms with E-state index in [2.05, 4.69) is 0 Å². The van der Waals surface area contributed by atoms with Crippen LogP contribution in [0.25, 0.3) is 0 Å². The van der Waals surface area contributed by atoms with Gasteiger partial charge in [-0.1, -0.05) is 0 Å². The minimum atomic E-state index is -4.46. The summed E-state index contributed by atoms with van der Waals surface area (Å²) in [6, 6.07) is 5.76. The molecule has 2 saturated heterocycles. The van der Waals surface area contributed by atoms with E-state index >= 15 is 0 Å². The molecule has 2 aromatic carbocycles. The predicted molar refractivity (Wildman–Crippen MR) is 126 cm³/mol. The molecule has 8 nitrogen and oxygen atoms in total. The third-order valence-electron chi connectivity index (χ3n) is 6.52. The minimum absolute atomic E-state index is 0. The van der Waals surface area contributed by atoms with Gasteiger partial charge in [0.1, 0.15) is 12.1 Å².